The summed E-state index contributed by atoms with van der Waals surface area (Å²) in [6.45, 7) is 11.1. The molecule has 138 valence electrons. The number of carbonyl (C=O) groups is 3. The Morgan fingerprint density at radius 1 is 0.880 bits per heavy atom. The number of nitrogens with zero attached hydrogens (tertiary/aromatic N) is 2. The highest BCUT2D eigenvalue weighted by Gasteiger charge is 2.52. The second-order valence-corrected chi connectivity index (χ2v) is 7.94. The summed E-state index contributed by atoms with van der Waals surface area (Å²) in [4.78, 5) is 44.3. The van der Waals surface area contributed by atoms with E-state index in [0.717, 1.165) is 0 Å². The summed E-state index contributed by atoms with van der Waals surface area (Å²) in [7, 11) is 0. The van der Waals surface area contributed by atoms with Crippen molar-refractivity contribution in [2.75, 3.05) is 13.1 Å². The van der Waals surface area contributed by atoms with Gasteiger partial charge in [-0.25, -0.2) is 0 Å². The standard InChI is InChI=1S/C18H26N2O5/c1-16(2)12(14(22)18(5,6)25-16)10-20-8-7-19-9-11-13(21)17(3,4)24-15(11)23/h9-12H,7-8H2,1-6H3. The van der Waals surface area contributed by atoms with Crippen molar-refractivity contribution in [3.8, 4) is 0 Å². The lowest BCUT2D eigenvalue weighted by Gasteiger charge is -2.23. The smallest absolute Gasteiger partial charge is 0.323 e. The normalized spacial score (nSPS) is 30.6. The maximum Gasteiger partial charge on any atom is 0.323 e. The van der Waals surface area contributed by atoms with E-state index in [4.69, 9.17) is 9.47 Å². The number of ether oxygens (including phenoxy) is 2. The number of cyclic esters (lactones) is 1. The number of aliphatic imine (C=N–C) groups is 2. The van der Waals surface area contributed by atoms with E-state index < -0.39 is 34.6 Å². The van der Waals surface area contributed by atoms with E-state index in [2.05, 4.69) is 9.98 Å². The minimum Gasteiger partial charge on any atom is -0.451 e. The van der Waals surface area contributed by atoms with Crippen molar-refractivity contribution in [1.29, 1.82) is 0 Å². The molecule has 0 amide bonds. The van der Waals surface area contributed by atoms with Crippen LogP contribution in [-0.4, -0.2) is 59.9 Å². The first kappa shape index (κ1) is 19.4. The molecule has 0 aromatic rings. The Bertz CT molecular complexity index is 646. The zero-order valence-corrected chi connectivity index (χ0v) is 15.7. The average molecular weight is 350 g/mol. The quantitative estimate of drug-likeness (QED) is 0.323. The van der Waals surface area contributed by atoms with Crippen LogP contribution in [0.4, 0.5) is 0 Å². The third-order valence-electron chi connectivity index (χ3n) is 4.50. The third kappa shape index (κ3) is 3.86. The van der Waals surface area contributed by atoms with Crippen molar-refractivity contribution in [1.82, 2.24) is 0 Å². The topological polar surface area (TPSA) is 94.4 Å². The Kier molecular flexibility index (Phi) is 5.01. The van der Waals surface area contributed by atoms with Gasteiger partial charge in [0.1, 0.15) is 5.60 Å². The van der Waals surface area contributed by atoms with E-state index in [1.54, 1.807) is 33.9 Å². The van der Waals surface area contributed by atoms with Gasteiger partial charge in [-0.3, -0.25) is 24.4 Å². The summed E-state index contributed by atoms with van der Waals surface area (Å²) < 4.78 is 10.8. The van der Waals surface area contributed by atoms with Crippen LogP contribution in [0.3, 0.4) is 0 Å². The van der Waals surface area contributed by atoms with E-state index in [1.165, 1.54) is 6.21 Å². The summed E-state index contributed by atoms with van der Waals surface area (Å²) in [5.74, 6) is -2.20. The molecular formula is C18H26N2O5. The molecule has 2 unspecified atom stereocenters. The molecule has 7 heteroatoms. The van der Waals surface area contributed by atoms with Crippen LogP contribution in [0.5, 0.6) is 0 Å². The molecule has 0 aliphatic carbocycles. The lowest BCUT2D eigenvalue weighted by atomic mass is 9.87. The van der Waals surface area contributed by atoms with Crippen molar-refractivity contribution in [2.45, 2.75) is 58.3 Å². The van der Waals surface area contributed by atoms with Gasteiger partial charge in [0.05, 0.1) is 24.6 Å². The summed E-state index contributed by atoms with van der Waals surface area (Å²) in [5.41, 5.74) is -2.50. The van der Waals surface area contributed by atoms with Crippen LogP contribution in [0.1, 0.15) is 41.5 Å². The molecule has 0 aromatic heterocycles. The highest BCUT2D eigenvalue weighted by Crippen LogP contribution is 2.38. The van der Waals surface area contributed by atoms with Crippen LogP contribution in [0.15, 0.2) is 9.98 Å². The van der Waals surface area contributed by atoms with Crippen LogP contribution < -0.4 is 0 Å². The molecule has 0 N–H and O–H groups in total. The predicted molar refractivity (Wildman–Crippen MR) is 93.1 cm³/mol. The molecule has 0 aromatic carbocycles. The Labute approximate surface area is 147 Å². The molecule has 7 nitrogen and oxygen atoms in total. The number of hydrogen-bond acceptors (Lipinski definition) is 7. The van der Waals surface area contributed by atoms with Gasteiger partial charge >= 0.3 is 5.97 Å². The van der Waals surface area contributed by atoms with Crippen molar-refractivity contribution >= 4 is 30.0 Å². The maximum atomic E-state index is 12.3. The minimum absolute atomic E-state index is 0.00582. The Balaban J connectivity index is 1.87. The molecule has 0 spiro atoms. The molecule has 2 heterocycles. The first-order valence-electron chi connectivity index (χ1n) is 8.40. The van der Waals surface area contributed by atoms with Gasteiger partial charge in [-0.05, 0) is 41.5 Å². The van der Waals surface area contributed by atoms with Gasteiger partial charge in [0, 0.05) is 12.4 Å². The predicted octanol–water partition coefficient (Wildman–Crippen LogP) is 1.42. The fourth-order valence-corrected chi connectivity index (χ4v) is 3.16. The SMILES string of the molecule is CC1(C)OC(=O)C(C=NCCN=CC2C(=O)C(C)(C)OC2(C)C)C1=O. The third-order valence-corrected chi connectivity index (χ3v) is 4.50. The van der Waals surface area contributed by atoms with Gasteiger partial charge in [-0.15, -0.1) is 0 Å². The fourth-order valence-electron chi connectivity index (χ4n) is 3.16. The van der Waals surface area contributed by atoms with Gasteiger partial charge in [0.25, 0.3) is 0 Å². The van der Waals surface area contributed by atoms with Crippen LogP contribution in [0.25, 0.3) is 0 Å². The summed E-state index contributed by atoms with van der Waals surface area (Å²) in [6, 6.07) is 0. The highest BCUT2D eigenvalue weighted by molar-refractivity contribution is 6.18. The molecule has 2 aliphatic heterocycles. The van der Waals surface area contributed by atoms with Gasteiger partial charge in [-0.2, -0.15) is 0 Å². The number of ketones is 2. The number of esters is 1. The van der Waals surface area contributed by atoms with Gasteiger partial charge in [-0.1, -0.05) is 0 Å². The zero-order valence-electron chi connectivity index (χ0n) is 15.7. The second kappa shape index (κ2) is 6.44. The summed E-state index contributed by atoms with van der Waals surface area (Å²) in [6.07, 6.45) is 2.94. The Morgan fingerprint density at radius 3 is 1.88 bits per heavy atom. The molecule has 25 heavy (non-hydrogen) atoms. The minimum atomic E-state index is -1.09. The van der Waals surface area contributed by atoms with Gasteiger partial charge in [0.2, 0.25) is 0 Å². The molecule has 2 saturated heterocycles. The van der Waals surface area contributed by atoms with Gasteiger partial charge < -0.3 is 9.47 Å². The van der Waals surface area contributed by atoms with E-state index in [0.29, 0.717) is 13.1 Å². The first-order chi connectivity index (χ1) is 11.4. The van der Waals surface area contributed by atoms with Crippen molar-refractivity contribution in [3.05, 3.63) is 0 Å². The van der Waals surface area contributed by atoms with Crippen LogP contribution in [0, 0.1) is 11.8 Å². The molecule has 0 saturated carbocycles. The number of carbonyl (C=O) groups excluding carboxylic acids is 3. The summed E-state index contributed by atoms with van der Waals surface area (Å²) >= 11 is 0. The molecular weight excluding hydrogens is 324 g/mol. The molecule has 0 radical (unpaired) electrons. The van der Waals surface area contributed by atoms with E-state index in [1.807, 2.05) is 13.8 Å². The van der Waals surface area contributed by atoms with E-state index >= 15 is 0 Å². The van der Waals surface area contributed by atoms with Gasteiger partial charge in [0.15, 0.2) is 23.1 Å². The molecule has 2 rings (SSSR count). The average Bonchev–Trinajstić information content (AvgIpc) is 2.74. The molecule has 0 bridgehead atoms. The fraction of sp³-hybridized carbons (Fsp3) is 0.722. The van der Waals surface area contributed by atoms with Crippen molar-refractivity contribution < 1.29 is 23.9 Å². The first-order valence-corrected chi connectivity index (χ1v) is 8.40. The zero-order chi connectivity index (χ0) is 19.0. The molecule has 2 fully saturated rings. The van der Waals surface area contributed by atoms with Crippen LogP contribution >= 0.6 is 0 Å². The lowest BCUT2D eigenvalue weighted by molar-refractivity contribution is -0.149. The number of Topliss-reactive ketones (excluding diaryl/α,β-unsaturated/α-hetero) is 2. The molecule has 2 atom stereocenters. The maximum absolute atomic E-state index is 12.3. The van der Waals surface area contributed by atoms with Crippen molar-refractivity contribution in [3.63, 3.8) is 0 Å². The number of hydrogen-bond donors (Lipinski definition) is 0. The lowest BCUT2D eigenvalue weighted by Crippen LogP contribution is -2.31. The second-order valence-electron chi connectivity index (χ2n) is 7.94. The monoisotopic (exact) mass is 350 g/mol. The molecule has 2 aliphatic rings. The van der Waals surface area contributed by atoms with E-state index in [-0.39, 0.29) is 11.6 Å². The van der Waals surface area contributed by atoms with Crippen LogP contribution in [-0.2, 0) is 23.9 Å². The Hall–Kier alpha value is -1.89. The van der Waals surface area contributed by atoms with E-state index in [9.17, 15) is 14.4 Å². The highest BCUT2D eigenvalue weighted by atomic mass is 16.6. The van der Waals surface area contributed by atoms with Crippen molar-refractivity contribution in [2.24, 2.45) is 21.8 Å². The number of rotatable bonds is 5. The summed E-state index contributed by atoms with van der Waals surface area (Å²) in [5, 5.41) is 0. The Morgan fingerprint density at radius 2 is 1.44 bits per heavy atom. The largest absolute Gasteiger partial charge is 0.451 e. The van der Waals surface area contributed by atoms with Crippen LogP contribution in [0.2, 0.25) is 0 Å².